The fourth-order valence-electron chi connectivity index (χ4n) is 5.01. The summed E-state index contributed by atoms with van der Waals surface area (Å²) in [4.78, 5) is 0. The van der Waals surface area contributed by atoms with E-state index in [-0.39, 0.29) is 28.2 Å². The zero-order chi connectivity index (χ0) is 27.6. The molecule has 0 aromatic carbocycles. The van der Waals surface area contributed by atoms with Crippen LogP contribution in [0.1, 0.15) is 115 Å². The second kappa shape index (κ2) is 14.3. The van der Waals surface area contributed by atoms with Crippen molar-refractivity contribution < 1.29 is 10.2 Å². The van der Waals surface area contributed by atoms with Gasteiger partial charge in [0.15, 0.2) is 0 Å². The predicted molar refractivity (Wildman–Crippen MR) is 153 cm³/mol. The van der Waals surface area contributed by atoms with E-state index >= 15 is 0 Å². The zero-order valence-electron chi connectivity index (χ0n) is 25.1. The van der Waals surface area contributed by atoms with Gasteiger partial charge in [-0.1, -0.05) is 25.2 Å². The molecule has 1 aliphatic rings. The molecule has 6 heteroatoms. The van der Waals surface area contributed by atoms with Crippen molar-refractivity contribution in [1.29, 1.82) is 0 Å². The molecule has 0 amide bonds. The summed E-state index contributed by atoms with van der Waals surface area (Å²) in [5, 5.41) is 35.0. The van der Waals surface area contributed by atoms with Crippen LogP contribution < -0.4 is 21.3 Å². The van der Waals surface area contributed by atoms with Crippen LogP contribution in [0.5, 0.6) is 0 Å². The molecule has 0 saturated carbocycles. The number of nitrogens with one attached hydrogen (secondary N) is 4. The molecule has 0 aliphatic carbocycles. The van der Waals surface area contributed by atoms with Gasteiger partial charge in [-0.2, -0.15) is 0 Å². The molecular formula is C29H60N4O2. The third-order valence-electron chi connectivity index (χ3n) is 6.51. The Morgan fingerprint density at radius 2 is 1.49 bits per heavy atom. The molecule has 1 fully saturated rings. The average molecular weight is 497 g/mol. The first-order valence-corrected chi connectivity index (χ1v) is 13.5. The molecule has 1 aliphatic heterocycles. The maximum Gasteiger partial charge on any atom is 0.132 e. The third-order valence-corrected chi connectivity index (χ3v) is 6.51. The van der Waals surface area contributed by atoms with E-state index in [9.17, 15) is 10.2 Å². The van der Waals surface area contributed by atoms with E-state index in [1.54, 1.807) is 13.0 Å². The van der Waals surface area contributed by atoms with E-state index in [0.29, 0.717) is 6.42 Å². The molecule has 0 aromatic heterocycles. The average Bonchev–Trinajstić information content (AvgIpc) is 2.64. The fourth-order valence-corrected chi connectivity index (χ4v) is 5.01. The number of hydrogen-bond acceptors (Lipinski definition) is 6. The molecule has 208 valence electrons. The minimum Gasteiger partial charge on any atom is -0.378 e. The zero-order valence-corrected chi connectivity index (χ0v) is 25.1. The summed E-state index contributed by atoms with van der Waals surface area (Å²) in [5.74, 6) is 0. The topological polar surface area (TPSA) is 88.6 Å². The Kier molecular flexibility index (Phi) is 13.9. The van der Waals surface area contributed by atoms with E-state index in [2.05, 4.69) is 83.6 Å². The minimum absolute atomic E-state index is 0.00787. The Morgan fingerprint density at radius 3 is 1.94 bits per heavy atom. The molecule has 6 nitrogen and oxygen atoms in total. The highest BCUT2D eigenvalue weighted by Crippen LogP contribution is 2.29. The standard InChI is InChI=1S/C25H52N4O2.C4H8/c1-11-21(2,3)28-22(4,5)15-16-26-20(30)13-12-14-25(10,31)27-19-17-23(6,7)29-24(8,9)18-19;1-3-4-2/h12,14,19-20,26-31H,11,13,15-18H2,1-10H3;3-4H,1-2H3/b14-12+;4-3-. The summed E-state index contributed by atoms with van der Waals surface area (Å²) in [6.45, 7) is 26.3. The van der Waals surface area contributed by atoms with Crippen molar-refractivity contribution in [2.75, 3.05) is 6.54 Å². The van der Waals surface area contributed by atoms with Crippen LogP contribution in [-0.2, 0) is 0 Å². The summed E-state index contributed by atoms with van der Waals surface area (Å²) >= 11 is 0. The van der Waals surface area contributed by atoms with Crippen LogP contribution in [0.25, 0.3) is 0 Å². The molecule has 2 unspecified atom stereocenters. The van der Waals surface area contributed by atoms with Gasteiger partial charge in [-0.3, -0.25) is 10.6 Å². The van der Waals surface area contributed by atoms with Crippen LogP contribution >= 0.6 is 0 Å². The van der Waals surface area contributed by atoms with Gasteiger partial charge in [0.25, 0.3) is 0 Å². The van der Waals surface area contributed by atoms with E-state index in [1.165, 1.54) is 0 Å². The lowest BCUT2D eigenvalue weighted by Gasteiger charge is -2.48. The van der Waals surface area contributed by atoms with Crippen molar-refractivity contribution in [3.05, 3.63) is 24.3 Å². The van der Waals surface area contributed by atoms with Crippen molar-refractivity contribution in [1.82, 2.24) is 21.3 Å². The first kappa shape index (κ1) is 34.2. The van der Waals surface area contributed by atoms with Crippen LogP contribution in [-0.4, -0.2) is 56.9 Å². The fraction of sp³-hybridized carbons (Fsp3) is 0.862. The molecule has 1 saturated heterocycles. The van der Waals surface area contributed by atoms with E-state index in [0.717, 1.165) is 32.2 Å². The second-order valence-corrected chi connectivity index (χ2v) is 13.1. The molecule has 0 bridgehead atoms. The summed E-state index contributed by atoms with van der Waals surface area (Å²) in [5.41, 5.74) is -0.970. The lowest BCUT2D eigenvalue weighted by molar-refractivity contribution is 0.0334. The number of piperidine rings is 1. The van der Waals surface area contributed by atoms with Crippen molar-refractivity contribution >= 4 is 0 Å². The van der Waals surface area contributed by atoms with Gasteiger partial charge in [0, 0.05) is 34.6 Å². The molecule has 0 spiro atoms. The molecule has 0 radical (unpaired) electrons. The van der Waals surface area contributed by atoms with Gasteiger partial charge in [-0.15, -0.1) is 0 Å². The molecule has 1 heterocycles. The summed E-state index contributed by atoms with van der Waals surface area (Å²) in [7, 11) is 0. The van der Waals surface area contributed by atoms with Crippen LogP contribution in [0.3, 0.4) is 0 Å². The number of allylic oxidation sites excluding steroid dienone is 2. The van der Waals surface area contributed by atoms with Crippen LogP contribution in [0.15, 0.2) is 24.3 Å². The van der Waals surface area contributed by atoms with Crippen molar-refractivity contribution in [2.24, 2.45) is 0 Å². The first-order valence-electron chi connectivity index (χ1n) is 13.5. The molecule has 0 aromatic rings. The highest BCUT2D eigenvalue weighted by Gasteiger charge is 2.39. The summed E-state index contributed by atoms with van der Waals surface area (Å²) in [6, 6.07) is 0.219. The normalized spacial score (nSPS) is 21.5. The van der Waals surface area contributed by atoms with Gasteiger partial charge in [-0.05, 0) is 114 Å². The Labute approximate surface area is 217 Å². The molecule has 2 atom stereocenters. The largest absolute Gasteiger partial charge is 0.378 e. The van der Waals surface area contributed by atoms with Gasteiger partial charge in [0.05, 0.1) is 0 Å². The smallest absolute Gasteiger partial charge is 0.132 e. The van der Waals surface area contributed by atoms with Gasteiger partial charge in [-0.25, -0.2) is 0 Å². The van der Waals surface area contributed by atoms with Gasteiger partial charge in [0.2, 0.25) is 0 Å². The van der Waals surface area contributed by atoms with Crippen molar-refractivity contribution in [3.8, 4) is 0 Å². The lowest BCUT2D eigenvalue weighted by Crippen LogP contribution is -2.63. The number of hydrogen-bond donors (Lipinski definition) is 6. The summed E-state index contributed by atoms with van der Waals surface area (Å²) in [6.07, 6.45) is 11.3. The lowest BCUT2D eigenvalue weighted by atomic mass is 9.79. The van der Waals surface area contributed by atoms with Crippen LogP contribution in [0, 0.1) is 0 Å². The Bertz CT molecular complexity index is 631. The van der Waals surface area contributed by atoms with Crippen LogP contribution in [0.4, 0.5) is 0 Å². The molecule has 35 heavy (non-hydrogen) atoms. The SMILES string of the molecule is C/C=C\C.CCC(C)(C)NC(C)(C)CCNC(O)C/C=C/C(C)(O)NC1CC(C)(C)NC(C)(C)C1. The van der Waals surface area contributed by atoms with Crippen LogP contribution in [0.2, 0.25) is 0 Å². The van der Waals surface area contributed by atoms with Gasteiger partial charge in [0.1, 0.15) is 12.0 Å². The highest BCUT2D eigenvalue weighted by atomic mass is 16.3. The van der Waals surface area contributed by atoms with E-state index < -0.39 is 12.0 Å². The van der Waals surface area contributed by atoms with Crippen molar-refractivity contribution in [3.63, 3.8) is 0 Å². The number of aliphatic hydroxyl groups is 2. The van der Waals surface area contributed by atoms with Crippen molar-refractivity contribution in [2.45, 2.75) is 155 Å². The summed E-state index contributed by atoms with van der Waals surface area (Å²) < 4.78 is 0. The van der Waals surface area contributed by atoms with E-state index in [4.69, 9.17) is 0 Å². The first-order chi connectivity index (χ1) is 15.8. The van der Waals surface area contributed by atoms with E-state index in [1.807, 2.05) is 32.1 Å². The number of rotatable bonds is 12. The predicted octanol–water partition coefficient (Wildman–Crippen LogP) is 4.98. The minimum atomic E-state index is -1.11. The number of aliphatic hydroxyl groups excluding tert-OH is 1. The van der Waals surface area contributed by atoms with Gasteiger partial charge < -0.3 is 20.8 Å². The Balaban J connectivity index is 0.00000267. The highest BCUT2D eigenvalue weighted by molar-refractivity contribution is 5.04. The maximum atomic E-state index is 10.8. The molecular weight excluding hydrogens is 436 g/mol. The Hall–Kier alpha value is -0.760. The maximum absolute atomic E-state index is 10.8. The molecule has 6 N–H and O–H groups in total. The second-order valence-electron chi connectivity index (χ2n) is 13.1. The monoisotopic (exact) mass is 496 g/mol. The third kappa shape index (κ3) is 16.6. The Morgan fingerprint density at radius 1 is 0.971 bits per heavy atom. The van der Waals surface area contributed by atoms with Gasteiger partial charge >= 0.3 is 0 Å². The molecule has 1 rings (SSSR count). The quantitative estimate of drug-likeness (QED) is 0.169.